The number of nitriles is 1. The molecule has 1 saturated heterocycles. The lowest BCUT2D eigenvalue weighted by Crippen LogP contribution is -2.48. The summed E-state index contributed by atoms with van der Waals surface area (Å²) in [7, 11) is -3.79. The first-order chi connectivity index (χ1) is 13.2. The average molecular weight is 409 g/mol. The molecule has 1 fully saturated rings. The highest BCUT2D eigenvalue weighted by molar-refractivity contribution is 7.89. The largest absolute Gasteiger partial charge is 0.416 e. The zero-order valence-electron chi connectivity index (χ0n) is 14.9. The second-order valence-corrected chi connectivity index (χ2v) is 8.39. The first-order valence-corrected chi connectivity index (χ1v) is 10.0. The number of benzene rings is 2. The summed E-state index contributed by atoms with van der Waals surface area (Å²) in [5.41, 5.74) is -0.0748. The van der Waals surface area contributed by atoms with Gasteiger partial charge in [-0.3, -0.25) is 4.90 Å². The topological polar surface area (TPSA) is 64.4 Å². The minimum absolute atomic E-state index is 0.0242. The number of rotatable bonds is 4. The average Bonchev–Trinajstić information content (AvgIpc) is 2.68. The van der Waals surface area contributed by atoms with Crippen LogP contribution in [-0.4, -0.2) is 43.8 Å². The fourth-order valence-electron chi connectivity index (χ4n) is 3.16. The van der Waals surface area contributed by atoms with Gasteiger partial charge in [0.15, 0.2) is 0 Å². The Morgan fingerprint density at radius 1 is 1.00 bits per heavy atom. The minimum Gasteiger partial charge on any atom is -0.296 e. The predicted molar refractivity (Wildman–Crippen MR) is 96.6 cm³/mol. The predicted octanol–water partition coefficient (Wildman–Crippen LogP) is 3.08. The van der Waals surface area contributed by atoms with Gasteiger partial charge in [-0.15, -0.1) is 0 Å². The van der Waals surface area contributed by atoms with E-state index in [2.05, 4.69) is 0 Å². The molecule has 0 spiro atoms. The molecule has 28 heavy (non-hydrogen) atoms. The maximum absolute atomic E-state index is 12.8. The van der Waals surface area contributed by atoms with Gasteiger partial charge in [-0.2, -0.15) is 22.7 Å². The molecule has 1 aliphatic heterocycles. The zero-order valence-corrected chi connectivity index (χ0v) is 15.7. The molecule has 0 radical (unpaired) electrons. The first-order valence-electron chi connectivity index (χ1n) is 8.59. The molecule has 148 valence electrons. The maximum atomic E-state index is 12.8. The van der Waals surface area contributed by atoms with Crippen LogP contribution in [0.15, 0.2) is 53.4 Å². The van der Waals surface area contributed by atoms with Crippen LogP contribution in [0.25, 0.3) is 0 Å². The van der Waals surface area contributed by atoms with Crippen LogP contribution in [0.5, 0.6) is 0 Å². The summed E-state index contributed by atoms with van der Waals surface area (Å²) in [5, 5.41) is 9.14. The number of hydrogen-bond acceptors (Lipinski definition) is 4. The van der Waals surface area contributed by atoms with E-state index in [0.717, 1.165) is 12.1 Å². The summed E-state index contributed by atoms with van der Waals surface area (Å²) in [6.45, 7) is 1.52. The highest BCUT2D eigenvalue weighted by atomic mass is 32.2. The molecule has 1 heterocycles. The lowest BCUT2D eigenvalue weighted by atomic mass is 10.1. The van der Waals surface area contributed by atoms with Crippen molar-refractivity contribution in [1.82, 2.24) is 9.21 Å². The van der Waals surface area contributed by atoms with Crippen LogP contribution >= 0.6 is 0 Å². The standard InChI is InChI=1S/C19H18F3N3O2S/c20-19(21,22)17-6-3-4-15(12-17)14-24-8-10-25(11-9-24)28(26,27)18-7-2-1-5-16(18)13-23/h1-7,12H,8-11,14H2. The van der Waals surface area contributed by atoms with Crippen LogP contribution in [0.3, 0.4) is 0 Å². The molecule has 3 rings (SSSR count). The molecule has 0 amide bonds. The number of sulfonamides is 1. The highest BCUT2D eigenvalue weighted by Crippen LogP contribution is 2.30. The summed E-state index contributed by atoms with van der Waals surface area (Å²) < 4.78 is 65.5. The van der Waals surface area contributed by atoms with Crippen LogP contribution in [0.4, 0.5) is 13.2 Å². The van der Waals surface area contributed by atoms with E-state index in [0.29, 0.717) is 25.2 Å². The maximum Gasteiger partial charge on any atom is 0.416 e. The minimum atomic E-state index is -4.39. The molecule has 1 aliphatic rings. The van der Waals surface area contributed by atoms with Crippen molar-refractivity contribution in [3.05, 3.63) is 65.2 Å². The van der Waals surface area contributed by atoms with E-state index in [1.807, 2.05) is 11.0 Å². The first kappa shape index (κ1) is 20.3. The molecule has 0 saturated carbocycles. The fraction of sp³-hybridized carbons (Fsp3) is 0.316. The molecule has 2 aromatic rings. The van der Waals surface area contributed by atoms with Gasteiger partial charge in [0.2, 0.25) is 10.0 Å². The van der Waals surface area contributed by atoms with Gasteiger partial charge >= 0.3 is 6.18 Å². The summed E-state index contributed by atoms with van der Waals surface area (Å²) >= 11 is 0. The van der Waals surface area contributed by atoms with Crippen LogP contribution in [0, 0.1) is 11.3 Å². The Kier molecular flexibility index (Phi) is 5.74. The lowest BCUT2D eigenvalue weighted by Gasteiger charge is -2.34. The molecule has 5 nitrogen and oxygen atoms in total. The molecule has 0 bridgehead atoms. The normalized spacial score (nSPS) is 16.6. The number of hydrogen-bond donors (Lipinski definition) is 0. The second-order valence-electron chi connectivity index (χ2n) is 6.49. The lowest BCUT2D eigenvalue weighted by molar-refractivity contribution is -0.137. The van der Waals surface area contributed by atoms with Gasteiger partial charge in [0, 0.05) is 32.7 Å². The molecule has 0 N–H and O–H groups in total. The molecular formula is C19H18F3N3O2S. The van der Waals surface area contributed by atoms with Crippen LogP contribution in [0.1, 0.15) is 16.7 Å². The van der Waals surface area contributed by atoms with E-state index in [1.165, 1.54) is 22.5 Å². The number of piperazine rings is 1. The van der Waals surface area contributed by atoms with Crippen molar-refractivity contribution in [2.75, 3.05) is 26.2 Å². The van der Waals surface area contributed by atoms with Crippen LogP contribution in [0.2, 0.25) is 0 Å². The third kappa shape index (κ3) is 4.35. The Morgan fingerprint density at radius 3 is 2.32 bits per heavy atom. The molecular weight excluding hydrogens is 391 g/mol. The SMILES string of the molecule is N#Cc1ccccc1S(=O)(=O)N1CCN(Cc2cccc(C(F)(F)F)c2)CC1. The summed E-state index contributed by atoms with van der Waals surface area (Å²) in [6.07, 6.45) is -4.39. The van der Waals surface area contributed by atoms with Gasteiger partial charge in [0.05, 0.1) is 16.0 Å². The van der Waals surface area contributed by atoms with Gasteiger partial charge in [0.1, 0.15) is 6.07 Å². The molecule has 0 atom stereocenters. The quantitative estimate of drug-likeness (QED) is 0.779. The van der Waals surface area contributed by atoms with Gasteiger partial charge in [0.25, 0.3) is 0 Å². The number of alkyl halides is 3. The zero-order chi connectivity index (χ0) is 20.4. The Balaban J connectivity index is 1.67. The Labute approximate surface area is 161 Å². The third-order valence-corrected chi connectivity index (χ3v) is 6.57. The van der Waals surface area contributed by atoms with Crippen molar-refractivity contribution in [1.29, 1.82) is 5.26 Å². The van der Waals surface area contributed by atoms with E-state index in [4.69, 9.17) is 5.26 Å². The molecule has 0 unspecified atom stereocenters. The van der Waals surface area contributed by atoms with Crippen molar-refractivity contribution in [2.24, 2.45) is 0 Å². The Hall–Kier alpha value is -2.41. The van der Waals surface area contributed by atoms with E-state index in [9.17, 15) is 21.6 Å². The van der Waals surface area contributed by atoms with Gasteiger partial charge in [-0.1, -0.05) is 30.3 Å². The summed E-state index contributed by atoms with van der Waals surface area (Å²) in [6, 6.07) is 13.1. The van der Waals surface area contributed by atoms with E-state index in [1.54, 1.807) is 18.2 Å². The third-order valence-electron chi connectivity index (χ3n) is 4.62. The Bertz CT molecular complexity index is 992. The van der Waals surface area contributed by atoms with E-state index in [-0.39, 0.29) is 23.5 Å². The summed E-state index contributed by atoms with van der Waals surface area (Å²) in [5.74, 6) is 0. The molecule has 2 aromatic carbocycles. The van der Waals surface area contributed by atoms with Gasteiger partial charge in [-0.25, -0.2) is 8.42 Å². The Morgan fingerprint density at radius 2 is 1.68 bits per heavy atom. The molecule has 0 aliphatic carbocycles. The second kappa shape index (κ2) is 7.91. The summed E-state index contributed by atoms with van der Waals surface area (Å²) in [4.78, 5) is 1.89. The highest BCUT2D eigenvalue weighted by Gasteiger charge is 2.32. The van der Waals surface area contributed by atoms with Crippen LogP contribution in [-0.2, 0) is 22.7 Å². The van der Waals surface area contributed by atoms with Crippen LogP contribution < -0.4 is 0 Å². The number of nitrogens with zero attached hydrogens (tertiary/aromatic N) is 3. The monoisotopic (exact) mass is 409 g/mol. The van der Waals surface area contributed by atoms with E-state index < -0.39 is 21.8 Å². The molecule has 0 aromatic heterocycles. The fourth-order valence-corrected chi connectivity index (χ4v) is 4.72. The van der Waals surface area contributed by atoms with Gasteiger partial charge < -0.3 is 0 Å². The van der Waals surface area contributed by atoms with Crippen molar-refractivity contribution in [3.63, 3.8) is 0 Å². The van der Waals surface area contributed by atoms with E-state index >= 15 is 0 Å². The van der Waals surface area contributed by atoms with Crippen molar-refractivity contribution < 1.29 is 21.6 Å². The van der Waals surface area contributed by atoms with Crippen molar-refractivity contribution in [2.45, 2.75) is 17.6 Å². The van der Waals surface area contributed by atoms with Crippen molar-refractivity contribution >= 4 is 10.0 Å². The molecule has 9 heteroatoms. The smallest absolute Gasteiger partial charge is 0.296 e. The number of halogens is 3. The van der Waals surface area contributed by atoms with Crippen molar-refractivity contribution in [3.8, 4) is 6.07 Å². The van der Waals surface area contributed by atoms with Gasteiger partial charge in [-0.05, 0) is 23.8 Å².